The van der Waals surface area contributed by atoms with Gasteiger partial charge in [-0.25, -0.2) is 0 Å². The van der Waals surface area contributed by atoms with Gasteiger partial charge >= 0.3 is 0 Å². The van der Waals surface area contributed by atoms with Gasteiger partial charge in [0.1, 0.15) is 47.4 Å². The molecule has 2 unspecified atom stereocenters. The molecule has 0 amide bonds. The summed E-state index contributed by atoms with van der Waals surface area (Å²) < 4.78 is 35.6. The first-order chi connectivity index (χ1) is 14.4. The number of aromatic hydroxyl groups is 1. The highest BCUT2D eigenvalue weighted by Gasteiger charge is 2.58. The molecule has 30 heavy (non-hydrogen) atoms. The molecule has 4 aliphatic heterocycles. The minimum absolute atomic E-state index is 0.00390. The van der Waals surface area contributed by atoms with Gasteiger partial charge in [-0.2, -0.15) is 0 Å². The summed E-state index contributed by atoms with van der Waals surface area (Å²) in [6, 6.07) is 7.21. The second-order valence-corrected chi connectivity index (χ2v) is 8.42. The van der Waals surface area contributed by atoms with Gasteiger partial charge in [-0.15, -0.1) is 0 Å². The van der Waals surface area contributed by atoms with Crippen molar-refractivity contribution in [3.63, 3.8) is 0 Å². The van der Waals surface area contributed by atoms with E-state index in [4.69, 9.17) is 28.4 Å². The van der Waals surface area contributed by atoms with Crippen LogP contribution in [-0.4, -0.2) is 43.7 Å². The van der Waals surface area contributed by atoms with E-state index in [0.29, 0.717) is 29.6 Å². The average molecular weight is 410 g/mol. The molecule has 1 saturated heterocycles. The van der Waals surface area contributed by atoms with Gasteiger partial charge in [-0.1, -0.05) is 0 Å². The first kappa shape index (κ1) is 17.8. The van der Waals surface area contributed by atoms with Gasteiger partial charge in [0.25, 0.3) is 0 Å². The normalized spacial score (nSPS) is 26.5. The standard InChI is InChI=1S/C23H22O7/c1-23(2)22-21(29-22)18-13(30-23)6-5-10-19(26-4)17-11-7-12(24)15(25-3)8-14(11)27-9-16(17)28-20(10)18/h5-8,16,21-22,24H,9H2,1-4H3/t16-,21?,22?/m1/s1. The van der Waals surface area contributed by atoms with Crippen LogP contribution >= 0.6 is 0 Å². The number of hydrogen-bond donors (Lipinski definition) is 1. The zero-order chi connectivity index (χ0) is 20.8. The molecule has 6 rings (SSSR count). The van der Waals surface area contributed by atoms with E-state index in [0.717, 1.165) is 28.0 Å². The summed E-state index contributed by atoms with van der Waals surface area (Å²) >= 11 is 0. The molecule has 156 valence electrons. The molecule has 1 N–H and O–H groups in total. The van der Waals surface area contributed by atoms with Crippen LogP contribution in [0, 0.1) is 0 Å². The minimum atomic E-state index is -0.383. The van der Waals surface area contributed by atoms with E-state index < -0.39 is 0 Å². The molecule has 7 heteroatoms. The van der Waals surface area contributed by atoms with E-state index in [-0.39, 0.29) is 29.7 Å². The van der Waals surface area contributed by atoms with E-state index >= 15 is 0 Å². The molecule has 0 aliphatic carbocycles. The minimum Gasteiger partial charge on any atom is -0.504 e. The third-order valence-electron chi connectivity index (χ3n) is 6.23. The van der Waals surface area contributed by atoms with Crippen LogP contribution in [0.25, 0.3) is 11.3 Å². The summed E-state index contributed by atoms with van der Waals surface area (Å²) in [5.41, 5.74) is 2.95. The van der Waals surface area contributed by atoms with Crippen LogP contribution in [0.15, 0.2) is 24.3 Å². The zero-order valence-electron chi connectivity index (χ0n) is 17.1. The van der Waals surface area contributed by atoms with E-state index in [1.807, 2.05) is 26.0 Å². The molecule has 7 nitrogen and oxygen atoms in total. The van der Waals surface area contributed by atoms with Crippen LogP contribution < -0.4 is 18.9 Å². The number of hydrogen-bond acceptors (Lipinski definition) is 7. The topological polar surface area (TPSA) is 78.9 Å². The van der Waals surface area contributed by atoms with Crippen molar-refractivity contribution in [2.75, 3.05) is 20.8 Å². The lowest BCUT2D eigenvalue weighted by molar-refractivity contribution is 0.0714. The number of phenols is 1. The molecular weight excluding hydrogens is 388 g/mol. The molecule has 4 heterocycles. The molecule has 2 aromatic rings. The smallest absolute Gasteiger partial charge is 0.164 e. The lowest BCUT2D eigenvalue weighted by atomic mass is 9.87. The third-order valence-corrected chi connectivity index (χ3v) is 6.23. The van der Waals surface area contributed by atoms with Crippen LogP contribution in [-0.2, 0) is 9.47 Å². The SMILES string of the molecule is COC1=C2c3cc(O)c(OC)cc3OC[C@H]2Oc2c1ccc1c2C2OC2C(C)(C)O1. The fourth-order valence-corrected chi connectivity index (χ4v) is 4.78. The van der Waals surface area contributed by atoms with Crippen molar-refractivity contribution in [2.24, 2.45) is 0 Å². The summed E-state index contributed by atoms with van der Waals surface area (Å²) in [6.07, 6.45) is -0.431. The highest BCUT2D eigenvalue weighted by molar-refractivity contribution is 5.96. The van der Waals surface area contributed by atoms with Crippen molar-refractivity contribution >= 4 is 11.3 Å². The van der Waals surface area contributed by atoms with Gasteiger partial charge in [0.05, 0.1) is 25.3 Å². The Labute approximate surface area is 173 Å². The Kier molecular flexibility index (Phi) is 3.41. The van der Waals surface area contributed by atoms with E-state index in [1.54, 1.807) is 19.2 Å². The molecule has 0 aromatic heterocycles. The van der Waals surface area contributed by atoms with Crippen LogP contribution in [0.4, 0.5) is 0 Å². The average Bonchev–Trinajstić information content (AvgIpc) is 3.53. The second-order valence-electron chi connectivity index (χ2n) is 8.42. The maximum absolute atomic E-state index is 10.3. The Balaban J connectivity index is 1.55. The predicted octanol–water partition coefficient (Wildman–Crippen LogP) is 3.68. The first-order valence-corrected chi connectivity index (χ1v) is 9.93. The Morgan fingerprint density at radius 2 is 1.90 bits per heavy atom. The summed E-state index contributed by atoms with van der Waals surface area (Å²) in [4.78, 5) is 0. The summed E-state index contributed by atoms with van der Waals surface area (Å²) in [5.74, 6) is 3.19. The summed E-state index contributed by atoms with van der Waals surface area (Å²) in [5, 5.41) is 10.3. The van der Waals surface area contributed by atoms with E-state index in [1.165, 1.54) is 7.11 Å². The Morgan fingerprint density at radius 1 is 1.07 bits per heavy atom. The van der Waals surface area contributed by atoms with Crippen molar-refractivity contribution < 1.29 is 33.5 Å². The molecule has 2 aromatic carbocycles. The van der Waals surface area contributed by atoms with Crippen molar-refractivity contribution in [3.8, 4) is 28.7 Å². The molecule has 4 aliphatic rings. The molecule has 0 saturated carbocycles. The van der Waals surface area contributed by atoms with Gasteiger partial charge in [0.2, 0.25) is 0 Å². The van der Waals surface area contributed by atoms with Gasteiger partial charge in [-0.05, 0) is 32.0 Å². The monoisotopic (exact) mass is 410 g/mol. The maximum Gasteiger partial charge on any atom is 0.164 e. The van der Waals surface area contributed by atoms with E-state index in [2.05, 4.69) is 0 Å². The Bertz CT molecular complexity index is 1120. The third kappa shape index (κ3) is 2.24. The van der Waals surface area contributed by atoms with Crippen molar-refractivity contribution in [3.05, 3.63) is 41.0 Å². The van der Waals surface area contributed by atoms with Crippen LogP contribution in [0.3, 0.4) is 0 Å². The molecule has 0 radical (unpaired) electrons. The Hall–Kier alpha value is -3.06. The van der Waals surface area contributed by atoms with Gasteiger partial charge in [0, 0.05) is 17.2 Å². The van der Waals surface area contributed by atoms with Crippen LogP contribution in [0.1, 0.15) is 36.6 Å². The molecule has 0 spiro atoms. The molecular formula is C23H22O7. The number of methoxy groups -OCH3 is 2. The van der Waals surface area contributed by atoms with Gasteiger partial charge in [0.15, 0.2) is 17.6 Å². The fourth-order valence-electron chi connectivity index (χ4n) is 4.78. The Morgan fingerprint density at radius 3 is 2.67 bits per heavy atom. The number of phenolic OH excluding ortho intramolecular Hbond substituents is 1. The lowest BCUT2D eigenvalue weighted by Gasteiger charge is -2.37. The number of epoxide rings is 1. The van der Waals surface area contributed by atoms with Crippen LogP contribution in [0.2, 0.25) is 0 Å². The van der Waals surface area contributed by atoms with Crippen molar-refractivity contribution in [2.45, 2.75) is 37.8 Å². The second kappa shape index (κ2) is 5.76. The number of fused-ring (bicyclic) bond motifs is 8. The summed E-state index contributed by atoms with van der Waals surface area (Å²) in [7, 11) is 3.15. The van der Waals surface area contributed by atoms with E-state index in [9.17, 15) is 5.11 Å². The summed E-state index contributed by atoms with van der Waals surface area (Å²) in [6.45, 7) is 4.38. The molecule has 3 atom stereocenters. The largest absolute Gasteiger partial charge is 0.504 e. The van der Waals surface area contributed by atoms with Crippen molar-refractivity contribution in [1.82, 2.24) is 0 Å². The fraction of sp³-hybridized carbons (Fsp3) is 0.391. The highest BCUT2D eigenvalue weighted by Crippen LogP contribution is 2.59. The number of rotatable bonds is 2. The quantitative estimate of drug-likeness (QED) is 0.757. The van der Waals surface area contributed by atoms with Crippen LogP contribution in [0.5, 0.6) is 28.7 Å². The highest BCUT2D eigenvalue weighted by atomic mass is 16.6. The number of benzene rings is 2. The number of ether oxygens (including phenoxy) is 6. The van der Waals surface area contributed by atoms with Gasteiger partial charge < -0.3 is 33.5 Å². The molecule has 1 fully saturated rings. The lowest BCUT2D eigenvalue weighted by Crippen LogP contribution is -2.39. The maximum atomic E-state index is 10.3. The molecule has 0 bridgehead atoms. The van der Waals surface area contributed by atoms with Gasteiger partial charge in [-0.3, -0.25) is 0 Å². The first-order valence-electron chi connectivity index (χ1n) is 9.93. The predicted molar refractivity (Wildman–Crippen MR) is 107 cm³/mol. The van der Waals surface area contributed by atoms with Crippen molar-refractivity contribution in [1.29, 1.82) is 0 Å². The zero-order valence-corrected chi connectivity index (χ0v) is 17.1.